The van der Waals surface area contributed by atoms with E-state index in [1.165, 1.54) is 0 Å². The summed E-state index contributed by atoms with van der Waals surface area (Å²) >= 11 is 0. The third kappa shape index (κ3) is 7.10. The van der Waals surface area contributed by atoms with Crippen LogP contribution in [0.25, 0.3) is 5.57 Å². The molecule has 0 fully saturated rings. The van der Waals surface area contributed by atoms with Crippen LogP contribution >= 0.6 is 0 Å². The molecule has 0 aromatic heterocycles. The van der Waals surface area contributed by atoms with Crippen LogP contribution in [0.5, 0.6) is 0 Å². The summed E-state index contributed by atoms with van der Waals surface area (Å²) in [6, 6.07) is 8.36. The Morgan fingerprint density at radius 2 is 1.37 bits per heavy atom. The Morgan fingerprint density at radius 3 is 1.97 bits per heavy atom. The van der Waals surface area contributed by atoms with E-state index >= 15 is 0 Å². The van der Waals surface area contributed by atoms with E-state index in [-0.39, 0.29) is 0 Å². The Morgan fingerprint density at radius 1 is 0.700 bits per heavy atom. The summed E-state index contributed by atoms with van der Waals surface area (Å²) in [6.45, 7) is 17.7. The van der Waals surface area contributed by atoms with Crippen LogP contribution in [0.1, 0.15) is 26.3 Å². The van der Waals surface area contributed by atoms with Crippen molar-refractivity contribution in [1.82, 2.24) is 0 Å². The van der Waals surface area contributed by atoms with E-state index in [0.29, 0.717) is 0 Å². The maximum Gasteiger partial charge on any atom is 0.0540 e. The minimum absolute atomic E-state index is 0.977. The first-order valence-electron chi connectivity index (χ1n) is 10.1. The first kappa shape index (κ1) is 24.5. The van der Waals surface area contributed by atoms with E-state index in [2.05, 4.69) is 67.1 Å². The molecule has 0 aliphatic heterocycles. The fourth-order valence-electron chi connectivity index (χ4n) is 2.94. The van der Waals surface area contributed by atoms with Gasteiger partial charge in [-0.3, -0.25) is 0 Å². The Hall–Kier alpha value is -3.58. The third-order valence-electron chi connectivity index (χ3n) is 4.10. The number of benzene rings is 1. The molecule has 0 saturated heterocycles. The van der Waals surface area contributed by atoms with E-state index in [1.54, 1.807) is 12.2 Å². The van der Waals surface area contributed by atoms with Crippen LogP contribution in [0.3, 0.4) is 0 Å². The van der Waals surface area contributed by atoms with E-state index < -0.39 is 0 Å². The van der Waals surface area contributed by atoms with E-state index in [4.69, 9.17) is 0 Å². The fraction of sp³-hybridized carbons (Fsp3) is 0.103. The quantitative estimate of drug-likeness (QED) is 0.339. The molecule has 0 aliphatic carbocycles. The molecular formula is C29H33N. The molecule has 154 valence electrons. The summed E-state index contributed by atoms with van der Waals surface area (Å²) in [7, 11) is 0. The normalized spacial score (nSPS) is 13.6. The molecule has 1 aromatic carbocycles. The average molecular weight is 396 g/mol. The highest BCUT2D eigenvalue weighted by Crippen LogP contribution is 2.34. The van der Waals surface area contributed by atoms with Gasteiger partial charge in [-0.15, -0.1) is 0 Å². The lowest BCUT2D eigenvalue weighted by Crippen LogP contribution is -2.21. The first-order valence-corrected chi connectivity index (χ1v) is 10.1. The number of anilines is 1. The van der Waals surface area contributed by atoms with Crippen molar-refractivity contribution >= 4 is 11.3 Å². The van der Waals surface area contributed by atoms with E-state index in [1.807, 2.05) is 75.5 Å². The molecule has 1 rings (SSSR count). The Bertz CT molecular complexity index is 925. The molecule has 0 N–H and O–H groups in total. The minimum Gasteiger partial charge on any atom is -0.310 e. The summed E-state index contributed by atoms with van der Waals surface area (Å²) in [4.78, 5) is 2.22. The molecule has 30 heavy (non-hydrogen) atoms. The fourth-order valence-corrected chi connectivity index (χ4v) is 2.94. The van der Waals surface area contributed by atoms with E-state index in [9.17, 15) is 0 Å². The largest absolute Gasteiger partial charge is 0.310 e. The van der Waals surface area contributed by atoms with Crippen LogP contribution in [0, 0.1) is 0 Å². The van der Waals surface area contributed by atoms with Crippen molar-refractivity contribution in [3.63, 3.8) is 0 Å². The zero-order valence-electron chi connectivity index (χ0n) is 18.5. The Kier molecular flexibility index (Phi) is 11.8. The smallest absolute Gasteiger partial charge is 0.0540 e. The predicted octanol–water partition coefficient (Wildman–Crippen LogP) is 8.49. The first-order chi connectivity index (χ1) is 14.7. The van der Waals surface area contributed by atoms with Gasteiger partial charge < -0.3 is 4.90 Å². The molecule has 1 heteroatoms. The minimum atomic E-state index is 0.977. The summed E-state index contributed by atoms with van der Waals surface area (Å²) in [5.74, 6) is 0. The summed E-state index contributed by atoms with van der Waals surface area (Å²) in [5.41, 5.74) is 5.25. The Balaban J connectivity index is 3.96. The second-order valence-electron chi connectivity index (χ2n) is 6.25. The van der Waals surface area contributed by atoms with Gasteiger partial charge in [0.2, 0.25) is 0 Å². The highest BCUT2D eigenvalue weighted by Gasteiger charge is 2.17. The van der Waals surface area contributed by atoms with Crippen molar-refractivity contribution in [2.75, 3.05) is 4.90 Å². The van der Waals surface area contributed by atoms with Crippen LogP contribution < -0.4 is 4.90 Å². The molecule has 0 heterocycles. The van der Waals surface area contributed by atoms with Crippen molar-refractivity contribution in [3.05, 3.63) is 146 Å². The van der Waals surface area contributed by atoms with Gasteiger partial charge in [0, 0.05) is 17.0 Å². The highest BCUT2D eigenvalue weighted by molar-refractivity contribution is 5.85. The molecule has 1 nitrogen and oxygen atoms in total. The second-order valence-corrected chi connectivity index (χ2v) is 6.25. The maximum atomic E-state index is 3.92. The van der Waals surface area contributed by atoms with Gasteiger partial charge in [-0.25, -0.2) is 0 Å². The van der Waals surface area contributed by atoms with Crippen LogP contribution in [-0.4, -0.2) is 0 Å². The standard InChI is InChI=1S/C29H33N/c1-7-13-21-26(19-11-5)30(27(20-12-6)22-14-8-2)29-24-16-15-23-28(29)25(17-9-3)18-10-4/h7-24H,1,3,5H2,2,4,6H3/b14-8-,18-10-,20-12-,21-13-,25-17+,26-19+,27-22+. The molecule has 0 unspecified atom stereocenters. The van der Waals surface area contributed by atoms with Gasteiger partial charge in [0.1, 0.15) is 0 Å². The Labute approximate surface area is 183 Å². The van der Waals surface area contributed by atoms with Crippen molar-refractivity contribution in [2.24, 2.45) is 0 Å². The number of nitrogens with zero attached hydrogens (tertiary/aromatic N) is 1. The van der Waals surface area contributed by atoms with Crippen molar-refractivity contribution in [3.8, 4) is 0 Å². The lowest BCUT2D eigenvalue weighted by molar-refractivity contribution is 1.13. The van der Waals surface area contributed by atoms with Gasteiger partial charge in [0.25, 0.3) is 0 Å². The third-order valence-corrected chi connectivity index (χ3v) is 4.10. The molecule has 0 spiro atoms. The topological polar surface area (TPSA) is 3.24 Å². The second kappa shape index (κ2) is 14.4. The average Bonchev–Trinajstić information content (AvgIpc) is 2.76. The molecule has 0 amide bonds. The zero-order chi connectivity index (χ0) is 22.2. The monoisotopic (exact) mass is 395 g/mol. The maximum absolute atomic E-state index is 3.92. The molecule has 0 aliphatic rings. The van der Waals surface area contributed by atoms with Gasteiger partial charge >= 0.3 is 0 Å². The molecular weight excluding hydrogens is 362 g/mol. The van der Waals surface area contributed by atoms with Crippen molar-refractivity contribution in [1.29, 1.82) is 0 Å². The van der Waals surface area contributed by atoms with Gasteiger partial charge in [-0.1, -0.05) is 98.7 Å². The van der Waals surface area contributed by atoms with Gasteiger partial charge in [-0.2, -0.15) is 0 Å². The SMILES string of the molecule is C=C/C=C\C(=C/C=C)N(C(/C=C\C)=C/C=C\C)c1ccccc1C(/C=C\C)=C/C=C. The van der Waals surface area contributed by atoms with Gasteiger partial charge in [0.15, 0.2) is 0 Å². The molecule has 1 aromatic rings. The summed E-state index contributed by atoms with van der Waals surface area (Å²) < 4.78 is 0. The summed E-state index contributed by atoms with van der Waals surface area (Å²) in [6.07, 6.45) is 27.8. The van der Waals surface area contributed by atoms with Crippen LogP contribution in [0.2, 0.25) is 0 Å². The van der Waals surface area contributed by atoms with E-state index in [0.717, 1.165) is 28.2 Å². The predicted molar refractivity (Wildman–Crippen MR) is 137 cm³/mol. The molecule has 0 bridgehead atoms. The lowest BCUT2D eigenvalue weighted by atomic mass is 10.0. The molecule has 0 saturated carbocycles. The lowest BCUT2D eigenvalue weighted by Gasteiger charge is -2.29. The molecule has 0 radical (unpaired) electrons. The summed E-state index contributed by atoms with van der Waals surface area (Å²) in [5, 5.41) is 0. The van der Waals surface area contributed by atoms with Crippen molar-refractivity contribution in [2.45, 2.75) is 20.8 Å². The number of hydrogen-bond donors (Lipinski definition) is 0. The zero-order valence-corrected chi connectivity index (χ0v) is 18.5. The van der Waals surface area contributed by atoms with Crippen LogP contribution in [-0.2, 0) is 0 Å². The van der Waals surface area contributed by atoms with Gasteiger partial charge in [0.05, 0.1) is 5.69 Å². The number of allylic oxidation sites excluding steroid dienone is 15. The number of para-hydroxylation sites is 1. The van der Waals surface area contributed by atoms with Gasteiger partial charge in [-0.05, 0) is 56.7 Å². The number of hydrogen-bond acceptors (Lipinski definition) is 1. The van der Waals surface area contributed by atoms with Crippen molar-refractivity contribution < 1.29 is 0 Å². The van der Waals surface area contributed by atoms with Crippen LogP contribution in [0.4, 0.5) is 5.69 Å². The molecule has 0 atom stereocenters. The number of rotatable bonds is 11. The highest BCUT2D eigenvalue weighted by atomic mass is 15.2. The van der Waals surface area contributed by atoms with Crippen LogP contribution in [0.15, 0.2) is 140 Å².